The number of nitrogens with zero attached hydrogens (tertiary/aromatic N) is 1. The molecule has 1 aliphatic heterocycles. The summed E-state index contributed by atoms with van der Waals surface area (Å²) in [6.07, 6.45) is 0. The van der Waals surface area contributed by atoms with E-state index in [-0.39, 0.29) is 16.1 Å². The number of aliphatic hydroxyl groups excluding tert-OH is 1. The number of amides is 1. The lowest BCUT2D eigenvalue weighted by Crippen LogP contribution is -2.30. The van der Waals surface area contributed by atoms with Crippen molar-refractivity contribution >= 4 is 34.7 Å². The summed E-state index contributed by atoms with van der Waals surface area (Å²) in [7, 11) is 0. The van der Waals surface area contributed by atoms with Crippen LogP contribution >= 0.6 is 11.6 Å². The summed E-state index contributed by atoms with van der Waals surface area (Å²) in [5, 5.41) is 11.2. The van der Waals surface area contributed by atoms with Crippen molar-refractivity contribution in [1.82, 2.24) is 0 Å². The molecule has 1 heterocycles. The van der Waals surface area contributed by atoms with Gasteiger partial charge in [0.05, 0.1) is 28.9 Å². The van der Waals surface area contributed by atoms with Crippen LogP contribution in [0.5, 0.6) is 5.75 Å². The predicted octanol–water partition coefficient (Wildman–Crippen LogP) is 5.78. The second kappa shape index (κ2) is 9.23. The molecule has 34 heavy (non-hydrogen) atoms. The third-order valence-corrected chi connectivity index (χ3v) is 5.63. The van der Waals surface area contributed by atoms with Gasteiger partial charge in [0, 0.05) is 11.6 Å². The van der Waals surface area contributed by atoms with Gasteiger partial charge in [-0.2, -0.15) is 0 Å². The molecule has 0 saturated carbocycles. The van der Waals surface area contributed by atoms with Crippen LogP contribution in [0, 0.1) is 17.5 Å². The molecule has 0 radical (unpaired) electrons. The number of carbonyl (C=O) groups excluding carboxylic acids is 2. The third kappa shape index (κ3) is 4.12. The van der Waals surface area contributed by atoms with Gasteiger partial charge in [0.25, 0.3) is 11.7 Å². The number of hydrogen-bond donors (Lipinski definition) is 1. The number of carbonyl (C=O) groups is 2. The van der Waals surface area contributed by atoms with Crippen molar-refractivity contribution in [3.05, 3.63) is 99.8 Å². The van der Waals surface area contributed by atoms with Crippen molar-refractivity contribution in [1.29, 1.82) is 0 Å². The Labute approximate surface area is 197 Å². The van der Waals surface area contributed by atoms with Crippen LogP contribution in [0.4, 0.5) is 18.9 Å². The normalized spacial score (nSPS) is 17.3. The van der Waals surface area contributed by atoms with Crippen molar-refractivity contribution in [2.75, 3.05) is 11.5 Å². The van der Waals surface area contributed by atoms with Crippen molar-refractivity contribution < 1.29 is 32.6 Å². The number of anilines is 1. The molecule has 0 bridgehead atoms. The lowest BCUT2D eigenvalue weighted by Gasteiger charge is -2.26. The van der Waals surface area contributed by atoms with Gasteiger partial charge in [-0.25, -0.2) is 13.2 Å². The zero-order valence-electron chi connectivity index (χ0n) is 17.7. The molecule has 3 aromatic rings. The van der Waals surface area contributed by atoms with E-state index in [1.165, 1.54) is 24.3 Å². The number of ether oxygens (including phenoxy) is 1. The number of benzene rings is 3. The molecule has 1 atom stereocenters. The molecular formula is C25H17ClF3NO4. The van der Waals surface area contributed by atoms with Crippen LogP contribution in [0.1, 0.15) is 24.1 Å². The van der Waals surface area contributed by atoms with Gasteiger partial charge in [0.2, 0.25) is 0 Å². The fraction of sp³-hybridized carbons (Fsp3) is 0.120. The van der Waals surface area contributed by atoms with E-state index in [0.717, 1.165) is 35.2 Å². The molecular weight excluding hydrogens is 471 g/mol. The Morgan fingerprint density at radius 2 is 1.68 bits per heavy atom. The van der Waals surface area contributed by atoms with Gasteiger partial charge in [-0.05, 0) is 55.0 Å². The Hall–Kier alpha value is -3.78. The summed E-state index contributed by atoms with van der Waals surface area (Å²) >= 11 is 6.25. The zero-order valence-corrected chi connectivity index (χ0v) is 18.4. The lowest BCUT2D eigenvalue weighted by atomic mass is 9.95. The van der Waals surface area contributed by atoms with Crippen LogP contribution in [0.15, 0.2) is 66.2 Å². The Morgan fingerprint density at radius 1 is 1.00 bits per heavy atom. The molecule has 9 heteroatoms. The highest BCUT2D eigenvalue weighted by molar-refractivity contribution is 6.52. The van der Waals surface area contributed by atoms with E-state index in [4.69, 9.17) is 16.3 Å². The molecule has 0 spiro atoms. The summed E-state index contributed by atoms with van der Waals surface area (Å²) in [4.78, 5) is 26.9. The van der Waals surface area contributed by atoms with Crippen molar-refractivity contribution in [2.24, 2.45) is 0 Å². The fourth-order valence-corrected chi connectivity index (χ4v) is 4.01. The standard InChI is InChI=1S/C25H17ClF3NO4/c1-2-34-16-8-9-18(26)17(12-16)23(31)21-22(13-3-5-14(27)6-4-13)30(25(33)24(21)32)20-11-15(28)7-10-19(20)29/h3-12,22,31H,2H2,1H3/b23-21+. The van der Waals surface area contributed by atoms with Gasteiger partial charge in [0.1, 0.15) is 29.0 Å². The first-order chi connectivity index (χ1) is 16.2. The van der Waals surface area contributed by atoms with Crippen LogP contribution < -0.4 is 9.64 Å². The second-order valence-electron chi connectivity index (χ2n) is 7.39. The quantitative estimate of drug-likeness (QED) is 0.281. The maximum absolute atomic E-state index is 14.7. The van der Waals surface area contributed by atoms with E-state index in [1.54, 1.807) is 13.0 Å². The van der Waals surface area contributed by atoms with E-state index >= 15 is 0 Å². The average Bonchev–Trinajstić information content (AvgIpc) is 3.07. The number of hydrogen-bond acceptors (Lipinski definition) is 4. The van der Waals surface area contributed by atoms with Gasteiger partial charge >= 0.3 is 0 Å². The Balaban J connectivity index is 1.98. The van der Waals surface area contributed by atoms with Crippen LogP contribution in [-0.2, 0) is 9.59 Å². The Bertz CT molecular complexity index is 1320. The van der Waals surface area contributed by atoms with Gasteiger partial charge in [-0.3, -0.25) is 14.5 Å². The van der Waals surface area contributed by atoms with E-state index in [9.17, 15) is 27.9 Å². The zero-order chi connectivity index (χ0) is 24.6. The Morgan fingerprint density at radius 3 is 2.35 bits per heavy atom. The van der Waals surface area contributed by atoms with Crippen LogP contribution in [0.3, 0.4) is 0 Å². The summed E-state index contributed by atoms with van der Waals surface area (Å²) in [6.45, 7) is 2.07. The molecule has 1 saturated heterocycles. The average molecular weight is 488 g/mol. The monoisotopic (exact) mass is 487 g/mol. The highest BCUT2D eigenvalue weighted by atomic mass is 35.5. The van der Waals surface area contributed by atoms with Gasteiger partial charge < -0.3 is 9.84 Å². The molecule has 1 N–H and O–H groups in total. The maximum Gasteiger partial charge on any atom is 0.300 e. The van der Waals surface area contributed by atoms with E-state index in [0.29, 0.717) is 12.4 Å². The fourth-order valence-electron chi connectivity index (χ4n) is 3.80. The molecule has 0 aromatic heterocycles. The van der Waals surface area contributed by atoms with Gasteiger partial charge in [-0.1, -0.05) is 23.7 Å². The summed E-state index contributed by atoms with van der Waals surface area (Å²) in [5.74, 6) is -5.04. The second-order valence-corrected chi connectivity index (χ2v) is 7.80. The smallest absolute Gasteiger partial charge is 0.300 e. The molecule has 3 aromatic carbocycles. The molecule has 1 aliphatic rings. The molecule has 0 aliphatic carbocycles. The minimum Gasteiger partial charge on any atom is -0.507 e. The maximum atomic E-state index is 14.7. The van der Waals surface area contributed by atoms with Crippen LogP contribution in [-0.4, -0.2) is 23.4 Å². The number of Topliss-reactive ketones (excluding diaryl/α,β-unsaturated/α-hetero) is 1. The first kappa shape index (κ1) is 23.4. The van der Waals surface area contributed by atoms with Crippen molar-refractivity contribution in [3.63, 3.8) is 0 Å². The number of rotatable bonds is 5. The molecule has 1 amide bonds. The highest BCUT2D eigenvalue weighted by Gasteiger charge is 2.48. The lowest BCUT2D eigenvalue weighted by molar-refractivity contribution is -0.132. The Kier molecular flexibility index (Phi) is 6.34. The van der Waals surface area contributed by atoms with Crippen molar-refractivity contribution in [3.8, 4) is 5.75 Å². The number of aliphatic hydroxyl groups is 1. The highest BCUT2D eigenvalue weighted by Crippen LogP contribution is 2.44. The van der Waals surface area contributed by atoms with Gasteiger partial charge in [0.15, 0.2) is 0 Å². The van der Waals surface area contributed by atoms with Gasteiger partial charge in [-0.15, -0.1) is 0 Å². The molecule has 1 unspecified atom stereocenters. The predicted molar refractivity (Wildman–Crippen MR) is 120 cm³/mol. The molecule has 5 nitrogen and oxygen atoms in total. The molecule has 4 rings (SSSR count). The SMILES string of the molecule is CCOc1ccc(Cl)c(/C(O)=C2\C(=O)C(=O)N(c3cc(F)ccc3F)C2c2ccc(F)cc2)c1. The summed E-state index contributed by atoms with van der Waals surface area (Å²) in [6, 6.07) is 10.2. The minimum atomic E-state index is -1.39. The first-order valence-electron chi connectivity index (χ1n) is 10.2. The summed E-state index contributed by atoms with van der Waals surface area (Å²) in [5.41, 5.74) is -0.749. The van der Waals surface area contributed by atoms with Crippen LogP contribution in [0.25, 0.3) is 5.76 Å². The van der Waals surface area contributed by atoms with Crippen LogP contribution in [0.2, 0.25) is 5.02 Å². The van der Waals surface area contributed by atoms with E-state index < -0.39 is 52.2 Å². The van der Waals surface area contributed by atoms with E-state index in [2.05, 4.69) is 0 Å². The van der Waals surface area contributed by atoms with Crippen molar-refractivity contribution in [2.45, 2.75) is 13.0 Å². The van der Waals surface area contributed by atoms with E-state index in [1.807, 2.05) is 0 Å². The third-order valence-electron chi connectivity index (χ3n) is 5.30. The topological polar surface area (TPSA) is 66.8 Å². The summed E-state index contributed by atoms with van der Waals surface area (Å²) < 4.78 is 47.7. The first-order valence-corrected chi connectivity index (χ1v) is 10.5. The molecule has 174 valence electrons. The molecule has 1 fully saturated rings. The number of ketones is 1. The minimum absolute atomic E-state index is 0.00237. The largest absolute Gasteiger partial charge is 0.507 e. The number of halogens is 4.